The molecule has 6 heteroatoms. The van der Waals surface area contributed by atoms with E-state index in [4.69, 9.17) is 69.6 Å². The van der Waals surface area contributed by atoms with E-state index in [1.807, 2.05) is 0 Å². The third-order valence-corrected chi connectivity index (χ3v) is 6.99. The first-order chi connectivity index (χ1) is 9.45. The lowest BCUT2D eigenvalue weighted by Gasteiger charge is -2.40. The van der Waals surface area contributed by atoms with Crippen molar-refractivity contribution in [3.05, 3.63) is 41.3 Å². The van der Waals surface area contributed by atoms with Gasteiger partial charge in [-0.25, -0.2) is 0 Å². The van der Waals surface area contributed by atoms with Gasteiger partial charge in [0.1, 0.15) is 0 Å². The van der Waals surface area contributed by atoms with E-state index in [0.717, 1.165) is 25.7 Å². The highest BCUT2D eigenvalue weighted by atomic mass is 35.5. The summed E-state index contributed by atoms with van der Waals surface area (Å²) in [6.45, 7) is 0. The van der Waals surface area contributed by atoms with Gasteiger partial charge in [-0.05, 0) is 30.8 Å². The van der Waals surface area contributed by atoms with Crippen molar-refractivity contribution in [2.24, 2.45) is 11.8 Å². The molecule has 0 N–H and O–H groups in total. The minimum Gasteiger partial charge on any atom is -0.0868 e. The maximum Gasteiger partial charge on any atom is 0.0794 e. The third-order valence-electron chi connectivity index (χ3n) is 4.19. The Hall–Kier alpha value is 0.700. The Bertz CT molecular complexity index is 607. The van der Waals surface area contributed by atoms with Crippen LogP contribution in [0.2, 0.25) is 0 Å². The van der Waals surface area contributed by atoms with Gasteiger partial charge in [-0.2, -0.15) is 0 Å². The van der Waals surface area contributed by atoms with E-state index in [2.05, 4.69) is 0 Å². The molecule has 0 aromatic rings. The molecule has 1 fully saturated rings. The molecule has 0 aromatic carbocycles. The largest absolute Gasteiger partial charge is 0.0868 e. The second kappa shape index (κ2) is 5.72. The first-order valence-corrected chi connectivity index (χ1v) is 8.61. The molecule has 1 saturated carbocycles. The van der Waals surface area contributed by atoms with E-state index >= 15 is 0 Å². The molecular weight excluding hydrogens is 381 g/mol. The fourth-order valence-corrected chi connectivity index (χ4v) is 5.16. The number of hydrogen-bond acceptors (Lipinski definition) is 0. The van der Waals surface area contributed by atoms with Crippen LogP contribution in [0, 0.1) is 11.8 Å². The van der Waals surface area contributed by atoms with E-state index in [1.165, 1.54) is 5.57 Å². The van der Waals surface area contributed by atoms with Crippen LogP contribution in [0.5, 0.6) is 0 Å². The smallest absolute Gasteiger partial charge is 0.0794 e. The monoisotopic (exact) mass is 388 g/mol. The van der Waals surface area contributed by atoms with Crippen molar-refractivity contribution < 1.29 is 0 Å². The van der Waals surface area contributed by atoms with Crippen molar-refractivity contribution in [3.63, 3.8) is 0 Å². The third kappa shape index (κ3) is 2.19. The lowest BCUT2D eigenvalue weighted by atomic mass is 9.69. The number of fused-ring (bicyclic) bond motifs is 3. The molecule has 0 heterocycles. The van der Waals surface area contributed by atoms with Gasteiger partial charge in [0, 0.05) is 16.5 Å². The normalized spacial score (nSPS) is 30.9. The standard InChI is InChI=1S/C14H10Cl6/c15-9-6-4-2-1-3-5(6)7-8(11(9)17)12(18)14(20)13(19)10(7)16/h5,7H,1-4H2. The summed E-state index contributed by atoms with van der Waals surface area (Å²) < 4.78 is 0. The highest BCUT2D eigenvalue weighted by Crippen LogP contribution is 2.57. The Morgan fingerprint density at radius 1 is 0.700 bits per heavy atom. The summed E-state index contributed by atoms with van der Waals surface area (Å²) in [7, 11) is 0. The first-order valence-electron chi connectivity index (χ1n) is 6.35. The van der Waals surface area contributed by atoms with Gasteiger partial charge in [0.15, 0.2) is 0 Å². The van der Waals surface area contributed by atoms with Gasteiger partial charge in [0.05, 0.1) is 25.2 Å². The quantitative estimate of drug-likeness (QED) is 0.410. The fourth-order valence-electron chi connectivity index (χ4n) is 3.27. The second-order valence-corrected chi connectivity index (χ2v) is 7.48. The lowest BCUT2D eigenvalue weighted by Crippen LogP contribution is -2.29. The van der Waals surface area contributed by atoms with Gasteiger partial charge in [0.2, 0.25) is 0 Å². The average Bonchev–Trinajstić information content (AvgIpc) is 2.46. The zero-order valence-electron chi connectivity index (χ0n) is 10.3. The molecule has 3 rings (SSSR count). The maximum atomic E-state index is 6.45. The topological polar surface area (TPSA) is 0 Å². The van der Waals surface area contributed by atoms with Gasteiger partial charge in [0.25, 0.3) is 0 Å². The molecule has 2 atom stereocenters. The van der Waals surface area contributed by atoms with Crippen molar-refractivity contribution in [1.29, 1.82) is 0 Å². The SMILES string of the molecule is ClC1=C(Cl)C2=C(Cl)C(Cl)=C3CCCCC3C2C(Cl)=C1Cl. The Labute approximate surface area is 148 Å². The predicted molar refractivity (Wildman–Crippen MR) is 88.7 cm³/mol. The zero-order valence-corrected chi connectivity index (χ0v) is 14.8. The fraction of sp³-hybridized carbons (Fsp3) is 0.429. The van der Waals surface area contributed by atoms with Crippen molar-refractivity contribution in [1.82, 2.24) is 0 Å². The van der Waals surface area contributed by atoms with Crippen LogP contribution in [0.4, 0.5) is 0 Å². The van der Waals surface area contributed by atoms with E-state index in [0.29, 0.717) is 30.7 Å². The summed E-state index contributed by atoms with van der Waals surface area (Å²) in [5.41, 5.74) is 1.88. The molecule has 0 aromatic heterocycles. The molecule has 20 heavy (non-hydrogen) atoms. The van der Waals surface area contributed by atoms with Crippen LogP contribution >= 0.6 is 69.6 Å². The summed E-state index contributed by atoms with van der Waals surface area (Å²) in [6.07, 6.45) is 4.21. The maximum absolute atomic E-state index is 6.45. The molecule has 0 nitrogen and oxygen atoms in total. The predicted octanol–water partition coefficient (Wildman–Crippen LogP) is 7.18. The highest BCUT2D eigenvalue weighted by Gasteiger charge is 2.43. The van der Waals surface area contributed by atoms with Crippen LogP contribution < -0.4 is 0 Å². The molecule has 0 radical (unpaired) electrons. The molecule has 3 aliphatic rings. The number of hydrogen-bond donors (Lipinski definition) is 0. The van der Waals surface area contributed by atoms with Gasteiger partial charge >= 0.3 is 0 Å². The minimum atomic E-state index is -0.121. The summed E-state index contributed by atoms with van der Waals surface area (Å²) in [4.78, 5) is 0. The summed E-state index contributed by atoms with van der Waals surface area (Å²) in [5.74, 6) is 0.0954. The van der Waals surface area contributed by atoms with Crippen LogP contribution in [-0.2, 0) is 0 Å². The molecule has 0 saturated heterocycles. The number of halogens is 6. The summed E-state index contributed by atoms with van der Waals surface area (Å²) >= 11 is 38.0. The van der Waals surface area contributed by atoms with Crippen LogP contribution in [-0.4, -0.2) is 0 Å². The molecule has 0 spiro atoms. The van der Waals surface area contributed by atoms with Gasteiger partial charge < -0.3 is 0 Å². The summed E-state index contributed by atoms with van der Waals surface area (Å²) in [5, 5.41) is 2.50. The molecule has 3 aliphatic carbocycles. The van der Waals surface area contributed by atoms with Crippen molar-refractivity contribution in [2.45, 2.75) is 25.7 Å². The molecule has 0 amide bonds. The minimum absolute atomic E-state index is 0.121. The van der Waals surface area contributed by atoms with Crippen molar-refractivity contribution >= 4 is 69.6 Å². The van der Waals surface area contributed by atoms with Crippen molar-refractivity contribution in [2.75, 3.05) is 0 Å². The average molecular weight is 391 g/mol. The van der Waals surface area contributed by atoms with E-state index in [1.54, 1.807) is 0 Å². The highest BCUT2D eigenvalue weighted by molar-refractivity contribution is 6.53. The molecule has 108 valence electrons. The first kappa shape index (κ1) is 15.6. The Morgan fingerprint density at radius 3 is 2.10 bits per heavy atom. The molecule has 0 bridgehead atoms. The van der Waals surface area contributed by atoms with Gasteiger partial charge in [-0.1, -0.05) is 76.0 Å². The Kier molecular flexibility index (Phi) is 4.46. The van der Waals surface area contributed by atoms with Crippen molar-refractivity contribution in [3.8, 4) is 0 Å². The van der Waals surface area contributed by atoms with Gasteiger partial charge in [-0.3, -0.25) is 0 Å². The zero-order chi connectivity index (χ0) is 14.6. The molecule has 0 aliphatic heterocycles. The Morgan fingerprint density at radius 2 is 1.40 bits per heavy atom. The van der Waals surface area contributed by atoms with Crippen LogP contribution in [0.15, 0.2) is 41.3 Å². The summed E-state index contributed by atoms with van der Waals surface area (Å²) in [6, 6.07) is 0. The van der Waals surface area contributed by atoms with E-state index in [-0.39, 0.29) is 16.9 Å². The van der Waals surface area contributed by atoms with Gasteiger partial charge in [-0.15, -0.1) is 0 Å². The molecular formula is C14H10Cl6. The van der Waals surface area contributed by atoms with E-state index in [9.17, 15) is 0 Å². The van der Waals surface area contributed by atoms with Crippen LogP contribution in [0.25, 0.3) is 0 Å². The molecule has 2 unspecified atom stereocenters. The van der Waals surface area contributed by atoms with Crippen LogP contribution in [0.3, 0.4) is 0 Å². The number of rotatable bonds is 0. The lowest BCUT2D eigenvalue weighted by molar-refractivity contribution is 0.385. The second-order valence-electron chi connectivity index (χ2n) is 5.19. The van der Waals surface area contributed by atoms with Crippen LogP contribution in [0.1, 0.15) is 25.7 Å². The van der Waals surface area contributed by atoms with E-state index < -0.39 is 0 Å². The Balaban J connectivity index is 2.26. The number of allylic oxidation sites excluding steroid dienone is 8.